The number of nitrogens with one attached hydrogen (secondary N) is 3. The molecule has 0 radical (unpaired) electrons. The van der Waals surface area contributed by atoms with Gasteiger partial charge in [-0.25, -0.2) is 8.78 Å². The van der Waals surface area contributed by atoms with Gasteiger partial charge >= 0.3 is 0 Å². The molecular formula is C22H21F2N5O3S. The Hall–Kier alpha value is -3.60. The molecule has 2 amide bonds. The summed E-state index contributed by atoms with van der Waals surface area (Å²) in [6.45, 7) is 6.55. The van der Waals surface area contributed by atoms with E-state index in [9.17, 15) is 23.2 Å². The molecule has 1 heterocycles. The van der Waals surface area contributed by atoms with E-state index in [1.54, 1.807) is 13.0 Å². The van der Waals surface area contributed by atoms with Crippen molar-refractivity contribution in [2.24, 2.45) is 0 Å². The van der Waals surface area contributed by atoms with Gasteiger partial charge in [-0.15, -0.1) is 10.2 Å². The minimum atomic E-state index is -0.901. The van der Waals surface area contributed by atoms with Crippen LogP contribution in [0.1, 0.15) is 25.0 Å². The lowest BCUT2D eigenvalue weighted by atomic mass is 10.0. The van der Waals surface area contributed by atoms with E-state index in [0.717, 1.165) is 35.0 Å². The Bertz CT molecular complexity index is 1300. The number of hydrogen-bond acceptors (Lipinski definition) is 6. The van der Waals surface area contributed by atoms with Crippen molar-refractivity contribution in [3.05, 3.63) is 63.4 Å². The quantitative estimate of drug-likeness (QED) is 0.469. The second kappa shape index (κ2) is 9.90. The minimum Gasteiger partial charge on any atom is -0.325 e. The second-order valence-corrected chi connectivity index (χ2v) is 8.70. The largest absolute Gasteiger partial charge is 0.325 e. The van der Waals surface area contributed by atoms with Crippen LogP contribution in [0.5, 0.6) is 0 Å². The van der Waals surface area contributed by atoms with Crippen LogP contribution in [-0.2, 0) is 9.59 Å². The van der Waals surface area contributed by atoms with Gasteiger partial charge in [-0.1, -0.05) is 23.4 Å². The van der Waals surface area contributed by atoms with Crippen LogP contribution >= 0.6 is 11.8 Å². The first-order valence-electron chi connectivity index (χ1n) is 9.84. The molecule has 1 aromatic heterocycles. The number of carbonyl (C=O) groups is 2. The zero-order valence-electron chi connectivity index (χ0n) is 18.2. The van der Waals surface area contributed by atoms with Crippen LogP contribution in [0, 0.1) is 25.5 Å². The molecule has 33 heavy (non-hydrogen) atoms. The highest BCUT2D eigenvalue weighted by Crippen LogP contribution is 2.30. The Morgan fingerprint density at radius 2 is 1.82 bits per heavy atom. The Balaban J connectivity index is 1.82. The van der Waals surface area contributed by atoms with Crippen molar-refractivity contribution in [2.45, 2.75) is 38.1 Å². The van der Waals surface area contributed by atoms with Gasteiger partial charge in [-0.3, -0.25) is 19.4 Å². The summed E-state index contributed by atoms with van der Waals surface area (Å²) in [5.41, 5.74) is 1.81. The summed E-state index contributed by atoms with van der Waals surface area (Å²) in [5.74, 6) is -2.52. The number of carbonyl (C=O) groups excluding carboxylic acids is 2. The van der Waals surface area contributed by atoms with E-state index in [2.05, 4.69) is 25.8 Å². The van der Waals surface area contributed by atoms with Crippen molar-refractivity contribution in [1.29, 1.82) is 0 Å². The minimum absolute atomic E-state index is 0.0142. The van der Waals surface area contributed by atoms with Crippen LogP contribution in [-0.4, -0.2) is 32.2 Å². The molecule has 0 aliphatic rings. The summed E-state index contributed by atoms with van der Waals surface area (Å²) in [5, 5.41) is 12.4. The Morgan fingerprint density at radius 3 is 2.45 bits per heavy atom. The van der Waals surface area contributed by atoms with Gasteiger partial charge in [-0.05, 0) is 44.5 Å². The molecular weight excluding hydrogens is 452 g/mol. The maximum atomic E-state index is 13.8. The lowest BCUT2D eigenvalue weighted by molar-refractivity contribution is -0.115. The molecule has 11 heteroatoms. The number of benzene rings is 2. The number of halogens is 2. The summed E-state index contributed by atoms with van der Waals surface area (Å²) < 4.78 is 26.8. The molecule has 0 fully saturated rings. The summed E-state index contributed by atoms with van der Waals surface area (Å²) >= 11 is 0.912. The van der Waals surface area contributed by atoms with E-state index < -0.39 is 28.4 Å². The van der Waals surface area contributed by atoms with Crippen LogP contribution in [0.25, 0.3) is 11.3 Å². The summed E-state index contributed by atoms with van der Waals surface area (Å²) in [4.78, 5) is 39.3. The smallest absolute Gasteiger partial charge is 0.278 e. The third kappa shape index (κ3) is 5.80. The standard InChI is InChI=1S/C22H21F2N5O3S/c1-10-7-11(2)18(25-13(4)30)15(8-10)19-21(32)27-22(29-28-19)33-12(3)20(31)26-17-6-5-14(23)9-16(17)24/h5-9,12H,1-4H3,(H,25,30)(H,26,31)(H,27,29,32). The fourth-order valence-electron chi connectivity index (χ4n) is 3.09. The molecule has 2 aromatic carbocycles. The average molecular weight is 474 g/mol. The van der Waals surface area contributed by atoms with E-state index in [1.807, 2.05) is 13.0 Å². The number of anilines is 2. The maximum Gasteiger partial charge on any atom is 0.278 e. The topological polar surface area (TPSA) is 117 Å². The van der Waals surface area contributed by atoms with Crippen LogP contribution in [0.2, 0.25) is 0 Å². The number of thioether (sulfide) groups is 1. The second-order valence-electron chi connectivity index (χ2n) is 7.37. The molecule has 0 bridgehead atoms. The van der Waals surface area contributed by atoms with E-state index in [0.29, 0.717) is 17.3 Å². The first-order chi connectivity index (χ1) is 15.5. The molecule has 8 nitrogen and oxygen atoms in total. The number of aromatic amines is 1. The summed E-state index contributed by atoms with van der Waals surface area (Å²) in [6, 6.07) is 6.40. The number of aryl methyl sites for hydroxylation is 2. The molecule has 0 saturated heterocycles. The van der Waals surface area contributed by atoms with Gasteiger partial charge in [0.15, 0.2) is 10.9 Å². The van der Waals surface area contributed by atoms with Crippen molar-refractivity contribution in [3.8, 4) is 11.3 Å². The van der Waals surface area contributed by atoms with Crippen LogP contribution in [0.3, 0.4) is 0 Å². The monoisotopic (exact) mass is 473 g/mol. The Kier molecular flexibility index (Phi) is 7.22. The summed E-state index contributed by atoms with van der Waals surface area (Å²) in [7, 11) is 0. The number of aromatic nitrogens is 3. The molecule has 0 aliphatic carbocycles. The molecule has 1 unspecified atom stereocenters. The number of rotatable bonds is 6. The zero-order valence-corrected chi connectivity index (χ0v) is 19.1. The van der Waals surface area contributed by atoms with Gasteiger partial charge in [0, 0.05) is 18.6 Å². The number of amides is 2. The SMILES string of the molecule is CC(=O)Nc1c(C)cc(C)cc1-c1nnc(SC(C)C(=O)Nc2ccc(F)cc2F)[nH]c1=O. The van der Waals surface area contributed by atoms with Crippen molar-refractivity contribution >= 4 is 35.0 Å². The van der Waals surface area contributed by atoms with Gasteiger partial charge in [0.1, 0.15) is 11.6 Å². The molecule has 0 aliphatic heterocycles. The first-order valence-corrected chi connectivity index (χ1v) is 10.7. The number of hydrogen-bond donors (Lipinski definition) is 3. The molecule has 1 atom stereocenters. The lowest BCUT2D eigenvalue weighted by Crippen LogP contribution is -2.24. The van der Waals surface area contributed by atoms with Crippen molar-refractivity contribution in [2.75, 3.05) is 10.6 Å². The van der Waals surface area contributed by atoms with Gasteiger partial charge in [0.2, 0.25) is 11.8 Å². The lowest BCUT2D eigenvalue weighted by Gasteiger charge is -2.14. The van der Waals surface area contributed by atoms with Crippen molar-refractivity contribution in [3.63, 3.8) is 0 Å². The first kappa shape index (κ1) is 24.1. The van der Waals surface area contributed by atoms with Crippen molar-refractivity contribution < 1.29 is 18.4 Å². The summed E-state index contributed by atoms with van der Waals surface area (Å²) in [6.07, 6.45) is 0. The van der Waals surface area contributed by atoms with Crippen LogP contribution in [0.4, 0.5) is 20.2 Å². The predicted octanol–water partition coefficient (Wildman–Crippen LogP) is 3.80. The molecule has 3 N–H and O–H groups in total. The van der Waals surface area contributed by atoms with Crippen LogP contribution < -0.4 is 16.2 Å². The molecule has 0 saturated carbocycles. The highest BCUT2D eigenvalue weighted by Gasteiger charge is 2.20. The predicted molar refractivity (Wildman–Crippen MR) is 122 cm³/mol. The van der Waals surface area contributed by atoms with Crippen LogP contribution in [0.15, 0.2) is 40.3 Å². The van der Waals surface area contributed by atoms with Gasteiger partial charge in [-0.2, -0.15) is 0 Å². The zero-order chi connectivity index (χ0) is 24.3. The number of nitrogens with zero attached hydrogens (tertiary/aromatic N) is 2. The highest BCUT2D eigenvalue weighted by molar-refractivity contribution is 8.00. The third-order valence-electron chi connectivity index (χ3n) is 4.56. The third-order valence-corrected chi connectivity index (χ3v) is 5.53. The highest BCUT2D eigenvalue weighted by atomic mass is 32.2. The van der Waals surface area contributed by atoms with Gasteiger partial charge < -0.3 is 10.6 Å². The Morgan fingerprint density at radius 1 is 1.09 bits per heavy atom. The van der Waals surface area contributed by atoms with Gasteiger partial charge in [0.05, 0.1) is 16.6 Å². The molecule has 3 rings (SSSR count). The maximum absolute atomic E-state index is 13.8. The molecule has 172 valence electrons. The molecule has 0 spiro atoms. The van der Waals surface area contributed by atoms with Gasteiger partial charge in [0.25, 0.3) is 5.56 Å². The normalized spacial score (nSPS) is 11.7. The van der Waals surface area contributed by atoms with E-state index >= 15 is 0 Å². The van der Waals surface area contributed by atoms with E-state index in [4.69, 9.17) is 0 Å². The number of H-pyrrole nitrogens is 1. The van der Waals surface area contributed by atoms with E-state index in [1.165, 1.54) is 13.8 Å². The van der Waals surface area contributed by atoms with E-state index in [-0.39, 0.29) is 22.4 Å². The Labute approximate surface area is 192 Å². The fourth-order valence-corrected chi connectivity index (χ4v) is 3.83. The van der Waals surface area contributed by atoms with Crippen molar-refractivity contribution in [1.82, 2.24) is 15.2 Å². The fraction of sp³-hybridized carbons (Fsp3) is 0.227. The average Bonchev–Trinajstić information content (AvgIpc) is 2.72. The molecule has 3 aromatic rings.